The molecule has 0 aromatic carbocycles. The van der Waals surface area contributed by atoms with E-state index in [9.17, 15) is 13.6 Å². The van der Waals surface area contributed by atoms with E-state index in [4.69, 9.17) is 11.6 Å². The summed E-state index contributed by atoms with van der Waals surface area (Å²) in [4.78, 5) is 14.0. The zero-order valence-corrected chi connectivity index (χ0v) is 8.21. The van der Waals surface area contributed by atoms with Crippen molar-refractivity contribution < 1.29 is 13.6 Å². The van der Waals surface area contributed by atoms with Crippen molar-refractivity contribution in [2.24, 2.45) is 4.99 Å². The quantitative estimate of drug-likeness (QED) is 0.385. The number of aliphatic imine (C=N–C) groups is 1. The zero-order valence-electron chi connectivity index (χ0n) is 7.45. The van der Waals surface area contributed by atoms with E-state index in [-0.39, 0.29) is 11.3 Å². The van der Waals surface area contributed by atoms with Crippen molar-refractivity contribution in [2.75, 3.05) is 0 Å². The molecule has 0 saturated carbocycles. The third-order valence-electron chi connectivity index (χ3n) is 2.11. The molecule has 0 spiro atoms. The van der Waals surface area contributed by atoms with E-state index in [0.717, 1.165) is 6.08 Å². The molecule has 0 bridgehead atoms. The van der Waals surface area contributed by atoms with Crippen LogP contribution in [0.1, 0.15) is 0 Å². The molecule has 1 aliphatic carbocycles. The van der Waals surface area contributed by atoms with Gasteiger partial charge in [-0.1, -0.05) is 17.7 Å². The molecule has 0 amide bonds. The highest BCUT2D eigenvalue weighted by molar-refractivity contribution is 6.27. The van der Waals surface area contributed by atoms with Crippen molar-refractivity contribution in [1.29, 1.82) is 0 Å². The lowest BCUT2D eigenvalue weighted by molar-refractivity contribution is -0.105. The van der Waals surface area contributed by atoms with Crippen molar-refractivity contribution in [2.45, 2.75) is 11.4 Å². The van der Waals surface area contributed by atoms with Crippen LogP contribution in [0.25, 0.3) is 0 Å². The van der Waals surface area contributed by atoms with Crippen LogP contribution in [0.5, 0.6) is 0 Å². The van der Waals surface area contributed by atoms with Crippen molar-refractivity contribution >= 4 is 23.6 Å². The monoisotopic (exact) mass is 229 g/mol. The lowest BCUT2D eigenvalue weighted by atomic mass is 9.95. The first-order valence-corrected chi connectivity index (χ1v) is 4.59. The van der Waals surface area contributed by atoms with Crippen LogP contribution in [0.2, 0.25) is 0 Å². The molecule has 1 aliphatic heterocycles. The van der Waals surface area contributed by atoms with Crippen LogP contribution >= 0.6 is 11.6 Å². The van der Waals surface area contributed by atoms with E-state index in [1.54, 1.807) is 0 Å². The first-order valence-electron chi connectivity index (χ1n) is 4.22. The Balaban J connectivity index is 2.45. The molecular formula is C10H6ClF2NO. The van der Waals surface area contributed by atoms with Crippen molar-refractivity contribution in [3.05, 3.63) is 35.5 Å². The number of alkyl halides is 3. The Kier molecular flexibility index (Phi) is 2.31. The molecule has 0 aromatic heterocycles. The zero-order chi connectivity index (χ0) is 11.1. The number of dihydropyridines is 1. The minimum atomic E-state index is -2.31. The van der Waals surface area contributed by atoms with E-state index in [1.807, 2.05) is 0 Å². The molecule has 2 aliphatic rings. The molecule has 0 saturated heterocycles. The Morgan fingerprint density at radius 3 is 3.00 bits per heavy atom. The molecule has 2 atom stereocenters. The topological polar surface area (TPSA) is 29.4 Å². The number of carbonyl (C=O) groups excluding carboxylic acids is 1. The van der Waals surface area contributed by atoms with Gasteiger partial charge in [-0.25, -0.2) is 9.38 Å². The number of hydrogen-bond donors (Lipinski definition) is 0. The maximum atomic E-state index is 13.2. The van der Waals surface area contributed by atoms with Crippen LogP contribution in [-0.4, -0.2) is 23.4 Å². The molecule has 0 aromatic rings. The summed E-state index contributed by atoms with van der Waals surface area (Å²) in [6.07, 6.45) is 3.69. The third kappa shape index (κ3) is 1.90. The van der Waals surface area contributed by atoms with Crippen molar-refractivity contribution in [1.82, 2.24) is 0 Å². The second-order valence-corrected chi connectivity index (χ2v) is 3.73. The molecule has 15 heavy (non-hydrogen) atoms. The maximum Gasteiger partial charge on any atom is 0.295 e. The number of allylic oxidation sites excluding steroid dienone is 5. The highest BCUT2D eigenvalue weighted by atomic mass is 35.5. The molecular weight excluding hydrogens is 224 g/mol. The lowest BCUT2D eigenvalue weighted by Gasteiger charge is -2.20. The highest BCUT2D eigenvalue weighted by Crippen LogP contribution is 2.30. The molecule has 2 unspecified atom stereocenters. The van der Waals surface area contributed by atoms with Crippen LogP contribution in [0.3, 0.4) is 0 Å². The number of nitrogens with zero attached hydrogens (tertiary/aromatic N) is 1. The first-order chi connectivity index (χ1) is 7.02. The Labute approximate surface area is 89.6 Å². The van der Waals surface area contributed by atoms with Gasteiger partial charge in [0.2, 0.25) is 0 Å². The van der Waals surface area contributed by atoms with Gasteiger partial charge in [0.05, 0.1) is 5.71 Å². The minimum absolute atomic E-state index is 0.0831. The molecule has 0 fully saturated rings. The standard InChI is InChI=1S/C10H6ClF2NO/c11-10(13)2-1-6-3-8(12)7(5-15)4-9(6)14-10/h1-5,8H. The summed E-state index contributed by atoms with van der Waals surface area (Å²) in [6, 6.07) is 0. The Bertz CT molecular complexity index is 435. The van der Waals surface area contributed by atoms with Crippen LogP contribution in [0.15, 0.2) is 40.4 Å². The fraction of sp³-hybridized carbons (Fsp3) is 0.200. The van der Waals surface area contributed by atoms with Gasteiger partial charge < -0.3 is 0 Å². The number of halogens is 3. The first kappa shape index (κ1) is 10.2. The molecule has 1 heterocycles. The van der Waals surface area contributed by atoms with E-state index >= 15 is 0 Å². The number of aldehydes is 1. The molecule has 0 N–H and O–H groups in total. The average molecular weight is 230 g/mol. The summed E-state index contributed by atoms with van der Waals surface area (Å²) in [5, 5.41) is -2.31. The molecule has 2 rings (SSSR count). The lowest BCUT2D eigenvalue weighted by Crippen LogP contribution is -2.21. The molecule has 2 nitrogen and oxygen atoms in total. The van der Waals surface area contributed by atoms with Gasteiger partial charge in [-0.2, -0.15) is 4.39 Å². The Morgan fingerprint density at radius 1 is 1.60 bits per heavy atom. The van der Waals surface area contributed by atoms with Crippen LogP contribution in [-0.2, 0) is 4.79 Å². The molecule has 0 radical (unpaired) electrons. The minimum Gasteiger partial charge on any atom is -0.298 e. The number of carbonyl (C=O) groups is 1. The Morgan fingerprint density at radius 2 is 2.33 bits per heavy atom. The fourth-order valence-electron chi connectivity index (χ4n) is 1.38. The van der Waals surface area contributed by atoms with Crippen LogP contribution in [0.4, 0.5) is 8.78 Å². The van der Waals surface area contributed by atoms with E-state index in [2.05, 4.69) is 4.99 Å². The summed E-state index contributed by atoms with van der Waals surface area (Å²) in [7, 11) is 0. The van der Waals surface area contributed by atoms with Crippen molar-refractivity contribution in [3.8, 4) is 0 Å². The van der Waals surface area contributed by atoms with Crippen LogP contribution in [0, 0.1) is 0 Å². The van der Waals surface area contributed by atoms with Gasteiger partial charge >= 0.3 is 0 Å². The van der Waals surface area contributed by atoms with E-state index in [1.165, 1.54) is 18.2 Å². The number of fused-ring (bicyclic) bond motifs is 1. The summed E-state index contributed by atoms with van der Waals surface area (Å²) in [6.45, 7) is 0. The van der Waals surface area contributed by atoms with Gasteiger partial charge in [0.25, 0.3) is 5.25 Å². The van der Waals surface area contributed by atoms with Gasteiger partial charge in [-0.15, -0.1) is 0 Å². The molecule has 78 valence electrons. The second kappa shape index (κ2) is 3.38. The van der Waals surface area contributed by atoms with Gasteiger partial charge in [0.15, 0.2) is 0 Å². The average Bonchev–Trinajstić information content (AvgIpc) is 2.17. The summed E-state index contributed by atoms with van der Waals surface area (Å²) < 4.78 is 26.4. The van der Waals surface area contributed by atoms with Gasteiger partial charge in [-0.05, 0) is 23.8 Å². The maximum absolute atomic E-state index is 13.2. The van der Waals surface area contributed by atoms with E-state index in [0.29, 0.717) is 11.9 Å². The highest BCUT2D eigenvalue weighted by Gasteiger charge is 2.29. The summed E-state index contributed by atoms with van der Waals surface area (Å²) in [5.74, 6) is 0. The fourth-order valence-corrected chi connectivity index (χ4v) is 1.54. The van der Waals surface area contributed by atoms with Gasteiger partial charge in [0, 0.05) is 5.57 Å². The number of rotatable bonds is 1. The van der Waals surface area contributed by atoms with Gasteiger partial charge in [-0.3, -0.25) is 4.79 Å². The summed E-state index contributed by atoms with van der Waals surface area (Å²) >= 11 is 5.34. The third-order valence-corrected chi connectivity index (χ3v) is 2.32. The van der Waals surface area contributed by atoms with Crippen molar-refractivity contribution in [3.63, 3.8) is 0 Å². The van der Waals surface area contributed by atoms with E-state index < -0.39 is 11.4 Å². The molecule has 5 heteroatoms. The van der Waals surface area contributed by atoms with Crippen LogP contribution < -0.4 is 0 Å². The summed E-state index contributed by atoms with van der Waals surface area (Å²) in [5.41, 5.74) is 0.535. The largest absolute Gasteiger partial charge is 0.298 e. The second-order valence-electron chi connectivity index (χ2n) is 3.20. The predicted molar refractivity (Wildman–Crippen MR) is 53.4 cm³/mol. The number of hydrogen-bond acceptors (Lipinski definition) is 2. The SMILES string of the molecule is O=CC1=CC2=NC(F)(Cl)C=CC2=CC1F. The Hall–Kier alpha value is -1.29. The normalized spacial score (nSPS) is 33.8. The predicted octanol–water partition coefficient (Wildman–Crippen LogP) is 2.26. The smallest absolute Gasteiger partial charge is 0.295 e. The van der Waals surface area contributed by atoms with Gasteiger partial charge in [0.1, 0.15) is 12.5 Å².